The molecule has 0 aromatic carbocycles. The third-order valence-electron chi connectivity index (χ3n) is 1.43. The highest BCUT2D eigenvalue weighted by molar-refractivity contribution is 14.1. The first-order valence-electron chi connectivity index (χ1n) is 3.30. The van der Waals surface area contributed by atoms with Crippen molar-refractivity contribution >= 4 is 28.6 Å². The molecule has 0 unspecified atom stereocenters. The highest BCUT2D eigenvalue weighted by atomic mass is 127. The number of pyridine rings is 1. The van der Waals surface area contributed by atoms with E-state index in [1.54, 1.807) is 0 Å². The standard InChI is InChI=1S/C7H3F3INO2/c8-4-2(11)1-12-5(7(13)14)3(4)6(9)10/h1,6H,(H,13,14). The third-order valence-corrected chi connectivity index (χ3v) is 2.18. The largest absolute Gasteiger partial charge is 0.476 e. The molecule has 0 fully saturated rings. The van der Waals surface area contributed by atoms with Crippen LogP contribution < -0.4 is 0 Å². The Morgan fingerprint density at radius 3 is 2.57 bits per heavy atom. The maximum Gasteiger partial charge on any atom is 0.355 e. The average molecular weight is 317 g/mol. The van der Waals surface area contributed by atoms with Crippen LogP contribution in [-0.2, 0) is 0 Å². The van der Waals surface area contributed by atoms with E-state index in [-0.39, 0.29) is 3.57 Å². The number of aromatic carboxylic acids is 1. The molecule has 1 aromatic heterocycles. The number of alkyl halides is 2. The van der Waals surface area contributed by atoms with E-state index >= 15 is 0 Å². The SMILES string of the molecule is O=C(O)c1ncc(I)c(F)c1C(F)F. The van der Waals surface area contributed by atoms with Gasteiger partial charge < -0.3 is 5.11 Å². The maximum atomic E-state index is 13.1. The Kier molecular flexibility index (Phi) is 3.29. The van der Waals surface area contributed by atoms with E-state index in [0.717, 1.165) is 6.20 Å². The fraction of sp³-hybridized carbons (Fsp3) is 0.143. The van der Waals surface area contributed by atoms with E-state index in [1.165, 1.54) is 22.6 Å². The zero-order valence-corrected chi connectivity index (χ0v) is 8.63. The zero-order valence-electron chi connectivity index (χ0n) is 6.47. The normalized spacial score (nSPS) is 10.6. The molecular weight excluding hydrogens is 314 g/mol. The van der Waals surface area contributed by atoms with Crippen LogP contribution in [0.4, 0.5) is 13.2 Å². The van der Waals surface area contributed by atoms with Crippen molar-refractivity contribution in [1.29, 1.82) is 0 Å². The van der Waals surface area contributed by atoms with Gasteiger partial charge in [0, 0.05) is 6.20 Å². The molecular formula is C7H3F3INO2. The summed E-state index contributed by atoms with van der Waals surface area (Å²) in [6.45, 7) is 0. The van der Waals surface area contributed by atoms with Crippen molar-refractivity contribution in [3.05, 3.63) is 26.8 Å². The number of hydrogen-bond acceptors (Lipinski definition) is 2. The van der Waals surface area contributed by atoms with E-state index in [0.29, 0.717) is 0 Å². The van der Waals surface area contributed by atoms with Gasteiger partial charge in [-0.15, -0.1) is 0 Å². The molecule has 1 heterocycles. The number of nitrogens with zero attached hydrogens (tertiary/aromatic N) is 1. The number of halogens is 4. The summed E-state index contributed by atoms with van der Waals surface area (Å²) in [5.41, 5.74) is -2.11. The minimum atomic E-state index is -3.19. The molecule has 0 aliphatic rings. The average Bonchev–Trinajstić information content (AvgIpc) is 2.08. The minimum absolute atomic E-state index is 0.136. The lowest BCUT2D eigenvalue weighted by Gasteiger charge is -2.06. The summed E-state index contributed by atoms with van der Waals surface area (Å²) in [6, 6.07) is 0. The lowest BCUT2D eigenvalue weighted by Crippen LogP contribution is -2.09. The Labute approximate surface area is 90.1 Å². The Bertz CT molecular complexity index is 383. The van der Waals surface area contributed by atoms with Crippen molar-refractivity contribution in [2.45, 2.75) is 6.43 Å². The van der Waals surface area contributed by atoms with Crippen LogP contribution >= 0.6 is 22.6 Å². The van der Waals surface area contributed by atoms with Crippen LogP contribution in [0, 0.1) is 9.39 Å². The van der Waals surface area contributed by atoms with Gasteiger partial charge in [-0.1, -0.05) is 0 Å². The predicted molar refractivity (Wildman–Crippen MR) is 48.8 cm³/mol. The van der Waals surface area contributed by atoms with E-state index in [1.807, 2.05) is 0 Å². The Hall–Kier alpha value is -0.860. The molecule has 0 aliphatic carbocycles. The first-order chi connectivity index (χ1) is 6.45. The lowest BCUT2D eigenvalue weighted by molar-refractivity contribution is 0.0674. The van der Waals surface area contributed by atoms with Gasteiger partial charge in [-0.3, -0.25) is 0 Å². The molecule has 0 saturated carbocycles. The van der Waals surface area contributed by atoms with Gasteiger partial charge in [0.2, 0.25) is 0 Å². The van der Waals surface area contributed by atoms with Crippen molar-refractivity contribution in [1.82, 2.24) is 4.98 Å². The Morgan fingerprint density at radius 2 is 2.14 bits per heavy atom. The molecule has 14 heavy (non-hydrogen) atoms. The molecule has 3 nitrogen and oxygen atoms in total. The second-order valence-electron chi connectivity index (χ2n) is 2.29. The predicted octanol–water partition coefficient (Wildman–Crippen LogP) is 2.46. The van der Waals surface area contributed by atoms with Gasteiger partial charge in [0.1, 0.15) is 5.82 Å². The summed E-state index contributed by atoms with van der Waals surface area (Å²) in [4.78, 5) is 13.7. The summed E-state index contributed by atoms with van der Waals surface area (Å²) in [6.07, 6.45) is -2.30. The van der Waals surface area contributed by atoms with Crippen LogP contribution in [-0.4, -0.2) is 16.1 Å². The smallest absolute Gasteiger partial charge is 0.355 e. The van der Waals surface area contributed by atoms with Gasteiger partial charge in [0.05, 0.1) is 9.13 Å². The molecule has 0 spiro atoms. The number of carbonyl (C=O) groups is 1. The lowest BCUT2D eigenvalue weighted by atomic mass is 10.2. The topological polar surface area (TPSA) is 50.2 Å². The van der Waals surface area contributed by atoms with E-state index in [9.17, 15) is 18.0 Å². The summed E-state index contributed by atoms with van der Waals surface area (Å²) in [7, 11) is 0. The van der Waals surface area contributed by atoms with E-state index in [2.05, 4.69) is 4.98 Å². The highest BCUT2D eigenvalue weighted by Crippen LogP contribution is 2.27. The molecule has 0 amide bonds. The minimum Gasteiger partial charge on any atom is -0.476 e. The van der Waals surface area contributed by atoms with Crippen molar-refractivity contribution in [3.8, 4) is 0 Å². The number of aromatic nitrogens is 1. The third kappa shape index (κ3) is 1.97. The van der Waals surface area contributed by atoms with Gasteiger partial charge in [-0.05, 0) is 22.6 Å². The number of rotatable bonds is 2. The van der Waals surface area contributed by atoms with E-state index < -0.39 is 29.5 Å². The number of hydrogen-bond donors (Lipinski definition) is 1. The van der Waals surface area contributed by atoms with Gasteiger partial charge in [0.15, 0.2) is 5.69 Å². The monoisotopic (exact) mass is 317 g/mol. The molecule has 7 heteroatoms. The molecule has 1 N–H and O–H groups in total. The second-order valence-corrected chi connectivity index (χ2v) is 3.45. The first kappa shape index (κ1) is 11.2. The second kappa shape index (κ2) is 4.11. The van der Waals surface area contributed by atoms with Gasteiger partial charge >= 0.3 is 5.97 Å². The molecule has 76 valence electrons. The van der Waals surface area contributed by atoms with Crippen LogP contribution in [0.3, 0.4) is 0 Å². The maximum absolute atomic E-state index is 13.1. The van der Waals surface area contributed by atoms with Gasteiger partial charge in [-0.2, -0.15) is 0 Å². The van der Waals surface area contributed by atoms with Crippen molar-refractivity contribution < 1.29 is 23.1 Å². The number of carboxylic acids is 1. The molecule has 0 atom stereocenters. The van der Waals surface area contributed by atoms with Gasteiger partial charge in [0.25, 0.3) is 6.43 Å². The van der Waals surface area contributed by atoms with Crippen LogP contribution in [0.1, 0.15) is 22.5 Å². The summed E-state index contributed by atoms with van der Waals surface area (Å²) in [5.74, 6) is -2.90. The fourth-order valence-electron chi connectivity index (χ4n) is 0.850. The summed E-state index contributed by atoms with van der Waals surface area (Å²) in [5, 5.41) is 8.46. The van der Waals surface area contributed by atoms with Gasteiger partial charge in [-0.25, -0.2) is 22.9 Å². The number of carboxylic acid groups (broad SMARTS) is 1. The van der Waals surface area contributed by atoms with Crippen LogP contribution in [0.15, 0.2) is 6.20 Å². The van der Waals surface area contributed by atoms with E-state index in [4.69, 9.17) is 5.11 Å². The molecule has 0 aliphatic heterocycles. The zero-order chi connectivity index (χ0) is 10.9. The molecule has 0 radical (unpaired) electrons. The summed E-state index contributed by atoms with van der Waals surface area (Å²) < 4.78 is 37.5. The van der Waals surface area contributed by atoms with Crippen LogP contribution in [0.2, 0.25) is 0 Å². The summed E-state index contributed by atoms with van der Waals surface area (Å²) >= 11 is 1.46. The Morgan fingerprint density at radius 1 is 1.57 bits per heavy atom. The fourth-order valence-corrected chi connectivity index (χ4v) is 1.28. The Balaban J connectivity index is 3.45. The van der Waals surface area contributed by atoms with Crippen LogP contribution in [0.5, 0.6) is 0 Å². The van der Waals surface area contributed by atoms with Crippen LogP contribution in [0.25, 0.3) is 0 Å². The quantitative estimate of drug-likeness (QED) is 0.853. The molecule has 0 saturated heterocycles. The van der Waals surface area contributed by atoms with Crippen molar-refractivity contribution in [2.24, 2.45) is 0 Å². The highest BCUT2D eigenvalue weighted by Gasteiger charge is 2.25. The molecule has 1 aromatic rings. The van der Waals surface area contributed by atoms with Crippen molar-refractivity contribution in [3.63, 3.8) is 0 Å². The first-order valence-corrected chi connectivity index (χ1v) is 4.38. The van der Waals surface area contributed by atoms with Crippen molar-refractivity contribution in [2.75, 3.05) is 0 Å². The molecule has 0 bridgehead atoms. The molecule has 1 rings (SSSR count).